The summed E-state index contributed by atoms with van der Waals surface area (Å²) < 4.78 is 32.5. The molecule has 0 unspecified atom stereocenters. The number of aliphatic hydroxyl groups is 1. The summed E-state index contributed by atoms with van der Waals surface area (Å²) in [7, 11) is -4.30. The van der Waals surface area contributed by atoms with E-state index in [1.807, 2.05) is 54.6 Å². The van der Waals surface area contributed by atoms with Crippen LogP contribution in [0.3, 0.4) is 0 Å². The molecule has 0 aliphatic carbocycles. The maximum Gasteiger partial charge on any atom is 1.00 e. The monoisotopic (exact) mass is 445 g/mol. The summed E-state index contributed by atoms with van der Waals surface area (Å²) in [4.78, 5) is 4.72. The van der Waals surface area contributed by atoms with Crippen LogP contribution in [0, 0.1) is 0 Å². The Kier molecular flexibility index (Phi) is 7.53. The summed E-state index contributed by atoms with van der Waals surface area (Å²) in [6.45, 7) is -0.191. The molecule has 0 amide bonds. The molecule has 9 heteroatoms. The number of anilines is 3. The van der Waals surface area contributed by atoms with Gasteiger partial charge < -0.3 is 20.3 Å². The zero-order valence-electron chi connectivity index (χ0n) is 17.0. The van der Waals surface area contributed by atoms with Crippen LogP contribution in [0.25, 0.3) is 21.8 Å². The predicted octanol–water partition coefficient (Wildman–Crippen LogP) is 0.585. The van der Waals surface area contributed by atoms with E-state index in [1.54, 1.807) is 12.1 Å². The molecular weight excluding hydrogens is 425 g/mol. The molecule has 0 aliphatic rings. The van der Waals surface area contributed by atoms with Crippen molar-refractivity contribution in [2.24, 2.45) is 0 Å². The summed E-state index contributed by atoms with van der Waals surface area (Å²) >= 11 is 0. The van der Waals surface area contributed by atoms with E-state index in [4.69, 9.17) is 4.98 Å². The van der Waals surface area contributed by atoms with E-state index < -0.39 is 15.9 Å². The molecule has 1 aromatic heterocycles. The second-order valence-electron chi connectivity index (χ2n) is 6.91. The fourth-order valence-electron chi connectivity index (χ4n) is 3.40. The van der Waals surface area contributed by atoms with Crippen LogP contribution in [0.15, 0.2) is 66.7 Å². The number of fused-ring (bicyclic) bond motifs is 2. The van der Waals surface area contributed by atoms with Crippen molar-refractivity contribution >= 4 is 49.0 Å². The first kappa shape index (κ1) is 23.5. The van der Waals surface area contributed by atoms with Gasteiger partial charge in [0.2, 0.25) is 0 Å². The molecule has 1 heterocycles. The zero-order valence-corrected chi connectivity index (χ0v) is 19.8. The molecule has 0 fully saturated rings. The summed E-state index contributed by atoms with van der Waals surface area (Å²) in [5.74, 6) is -0.515. The van der Waals surface area contributed by atoms with E-state index in [-0.39, 0.29) is 42.7 Å². The van der Waals surface area contributed by atoms with Gasteiger partial charge in [-0.1, -0.05) is 36.4 Å². The number of nitrogens with zero attached hydrogens (tertiary/aromatic N) is 1. The van der Waals surface area contributed by atoms with Gasteiger partial charge in [0.15, 0.2) is 0 Å². The SMILES string of the molecule is O=S(=O)([O-])CCNc1cc(CO)cc(Nc2c3ccccc3nc3ccccc23)c1.[Na+]. The largest absolute Gasteiger partial charge is 1.00 e. The van der Waals surface area contributed by atoms with Crippen molar-refractivity contribution < 1.29 is 47.6 Å². The van der Waals surface area contributed by atoms with Gasteiger partial charge >= 0.3 is 29.6 Å². The third-order valence-corrected chi connectivity index (χ3v) is 5.42. The zero-order chi connectivity index (χ0) is 21.1. The molecule has 3 N–H and O–H groups in total. The molecule has 0 atom stereocenters. The number of hydrogen-bond donors (Lipinski definition) is 3. The number of hydrogen-bond acceptors (Lipinski definition) is 7. The van der Waals surface area contributed by atoms with E-state index in [2.05, 4.69) is 10.6 Å². The van der Waals surface area contributed by atoms with Crippen LogP contribution in [-0.2, 0) is 16.7 Å². The fourth-order valence-corrected chi connectivity index (χ4v) is 3.75. The Morgan fingerprint density at radius 3 is 2.06 bits per heavy atom. The smallest absolute Gasteiger partial charge is 0.748 e. The average Bonchev–Trinajstić information content (AvgIpc) is 2.72. The van der Waals surface area contributed by atoms with Crippen molar-refractivity contribution in [3.63, 3.8) is 0 Å². The van der Waals surface area contributed by atoms with Gasteiger partial charge in [-0.15, -0.1) is 0 Å². The third kappa shape index (κ3) is 5.74. The van der Waals surface area contributed by atoms with Crippen LogP contribution in [0.2, 0.25) is 0 Å². The minimum absolute atomic E-state index is 0. The first-order valence-electron chi connectivity index (χ1n) is 9.40. The number of aromatic nitrogens is 1. The van der Waals surface area contributed by atoms with Crippen LogP contribution < -0.4 is 40.2 Å². The number of aliphatic hydroxyl groups excluding tert-OH is 1. The number of nitrogens with one attached hydrogen (secondary N) is 2. The molecule has 0 saturated carbocycles. The Morgan fingerprint density at radius 2 is 1.48 bits per heavy atom. The number of benzene rings is 3. The van der Waals surface area contributed by atoms with E-state index in [0.29, 0.717) is 11.3 Å². The van der Waals surface area contributed by atoms with Crippen molar-refractivity contribution in [2.75, 3.05) is 22.9 Å². The Balaban J connectivity index is 0.00000272. The van der Waals surface area contributed by atoms with Gasteiger partial charge in [0.25, 0.3) is 0 Å². The molecule has 0 aliphatic heterocycles. The topological polar surface area (TPSA) is 114 Å². The Bertz CT molecular complexity index is 1280. The maximum atomic E-state index is 10.8. The van der Waals surface area contributed by atoms with Crippen molar-refractivity contribution in [3.05, 3.63) is 72.3 Å². The molecule has 31 heavy (non-hydrogen) atoms. The first-order chi connectivity index (χ1) is 14.4. The number of para-hydroxylation sites is 2. The molecule has 0 radical (unpaired) electrons. The van der Waals surface area contributed by atoms with Gasteiger partial charge in [-0.05, 0) is 35.9 Å². The predicted molar refractivity (Wildman–Crippen MR) is 118 cm³/mol. The Labute approximate surface area is 202 Å². The molecule has 0 spiro atoms. The van der Waals surface area contributed by atoms with E-state index in [1.165, 1.54) is 0 Å². The maximum absolute atomic E-state index is 10.8. The number of rotatable bonds is 7. The summed E-state index contributed by atoms with van der Waals surface area (Å²) in [6.07, 6.45) is 0. The molecule has 7 nitrogen and oxygen atoms in total. The summed E-state index contributed by atoms with van der Waals surface area (Å²) in [6, 6.07) is 21.0. The van der Waals surface area contributed by atoms with Crippen molar-refractivity contribution in [1.29, 1.82) is 0 Å². The van der Waals surface area contributed by atoms with E-state index in [0.717, 1.165) is 33.2 Å². The fraction of sp³-hybridized carbons (Fsp3) is 0.136. The van der Waals surface area contributed by atoms with Crippen LogP contribution in [0.5, 0.6) is 0 Å². The van der Waals surface area contributed by atoms with Gasteiger partial charge in [0.1, 0.15) is 0 Å². The quantitative estimate of drug-likeness (QED) is 0.217. The van der Waals surface area contributed by atoms with Crippen LogP contribution >= 0.6 is 0 Å². The molecule has 3 aromatic carbocycles. The average molecular weight is 445 g/mol. The van der Waals surface area contributed by atoms with Crippen LogP contribution in [0.4, 0.5) is 17.1 Å². The van der Waals surface area contributed by atoms with Crippen molar-refractivity contribution in [1.82, 2.24) is 4.98 Å². The van der Waals surface area contributed by atoms with E-state index >= 15 is 0 Å². The van der Waals surface area contributed by atoms with Crippen molar-refractivity contribution in [3.8, 4) is 0 Å². The van der Waals surface area contributed by atoms with Crippen LogP contribution in [0.1, 0.15) is 5.56 Å². The third-order valence-electron chi connectivity index (χ3n) is 4.71. The molecule has 0 bridgehead atoms. The molecule has 154 valence electrons. The second kappa shape index (κ2) is 9.95. The normalized spacial score (nSPS) is 11.3. The molecule has 4 aromatic rings. The van der Waals surface area contributed by atoms with Crippen molar-refractivity contribution in [2.45, 2.75) is 6.61 Å². The van der Waals surface area contributed by atoms with Gasteiger partial charge in [-0.3, -0.25) is 0 Å². The van der Waals surface area contributed by atoms with Gasteiger partial charge in [0.05, 0.1) is 39.2 Å². The standard InChI is InChI=1S/C22H21N3O4S.Na/c26-14-15-11-16(23-9-10-30(27,28)29)13-17(12-15)24-22-18-5-1-3-7-20(18)25-21-8-4-2-6-19(21)22;/h1-8,11-13,23,26H,9-10,14H2,(H,24,25)(H,27,28,29);/q;+1/p-1. The summed E-state index contributed by atoms with van der Waals surface area (Å²) in [5.41, 5.74) is 4.58. The minimum atomic E-state index is -4.30. The van der Waals surface area contributed by atoms with E-state index in [9.17, 15) is 18.1 Å². The molecule has 4 rings (SSSR count). The molecule has 0 saturated heterocycles. The Hall–Kier alpha value is -2.20. The summed E-state index contributed by atoms with van der Waals surface area (Å²) in [5, 5.41) is 17.9. The van der Waals surface area contributed by atoms with Gasteiger partial charge in [0, 0.05) is 28.7 Å². The first-order valence-corrected chi connectivity index (χ1v) is 11.0. The van der Waals surface area contributed by atoms with Gasteiger partial charge in [-0.25, -0.2) is 13.4 Å². The molecular formula is C22H20N3NaO4S. The van der Waals surface area contributed by atoms with Crippen LogP contribution in [-0.4, -0.2) is 35.4 Å². The Morgan fingerprint density at radius 1 is 0.903 bits per heavy atom. The second-order valence-corrected chi connectivity index (χ2v) is 8.44. The minimum Gasteiger partial charge on any atom is -0.748 e. The van der Waals surface area contributed by atoms with Gasteiger partial charge in [-0.2, -0.15) is 0 Å². The number of pyridine rings is 1.